The van der Waals surface area contributed by atoms with Crippen LogP contribution < -0.4 is 0 Å². The number of ether oxygens (including phenoxy) is 1. The predicted octanol–water partition coefficient (Wildman–Crippen LogP) is 5.59. The molecule has 1 aromatic heterocycles. The number of carbonyl (C=O) groups excluding carboxylic acids is 1. The standard InChI is InChI=1S/C28H20N2O5S/c31-28(34-19-20-11-17-25(18-12-20)36(32,33)24-9-5-2-6-10-24)23-15-13-22(14-16-23)27-30-29-26(35-27)21-7-3-1-4-8-21/h1-18H,19H2. The molecule has 4 aromatic carbocycles. The average molecular weight is 497 g/mol. The third-order valence-corrected chi connectivity index (χ3v) is 7.26. The van der Waals surface area contributed by atoms with Crippen LogP contribution in [0.25, 0.3) is 22.9 Å². The zero-order valence-corrected chi connectivity index (χ0v) is 19.8. The first kappa shape index (κ1) is 23.2. The van der Waals surface area contributed by atoms with E-state index in [2.05, 4.69) is 10.2 Å². The Hall–Kier alpha value is -4.56. The Labute approximate surface area is 207 Å². The fourth-order valence-electron chi connectivity index (χ4n) is 3.52. The van der Waals surface area contributed by atoms with Gasteiger partial charge in [-0.25, -0.2) is 13.2 Å². The lowest BCUT2D eigenvalue weighted by atomic mass is 10.1. The van der Waals surface area contributed by atoms with E-state index in [1.165, 1.54) is 12.1 Å². The molecule has 0 radical (unpaired) electrons. The Kier molecular flexibility index (Phi) is 6.42. The van der Waals surface area contributed by atoms with Crippen LogP contribution in [0.1, 0.15) is 15.9 Å². The van der Waals surface area contributed by atoms with E-state index in [4.69, 9.17) is 9.15 Å². The summed E-state index contributed by atoms with van der Waals surface area (Å²) in [5.41, 5.74) is 2.54. The van der Waals surface area contributed by atoms with Gasteiger partial charge in [0.15, 0.2) is 0 Å². The topological polar surface area (TPSA) is 99.4 Å². The van der Waals surface area contributed by atoms with Crippen molar-refractivity contribution in [2.24, 2.45) is 0 Å². The highest BCUT2D eigenvalue weighted by molar-refractivity contribution is 7.91. The average Bonchev–Trinajstić information content (AvgIpc) is 3.44. The van der Waals surface area contributed by atoms with Crippen molar-refractivity contribution in [3.63, 3.8) is 0 Å². The lowest BCUT2D eigenvalue weighted by Gasteiger charge is -2.08. The molecule has 0 bridgehead atoms. The molecule has 0 atom stereocenters. The third kappa shape index (κ3) is 4.94. The molecule has 5 rings (SSSR count). The highest BCUT2D eigenvalue weighted by Crippen LogP contribution is 2.24. The first-order valence-corrected chi connectivity index (χ1v) is 12.5. The quantitative estimate of drug-likeness (QED) is 0.271. The zero-order chi connectivity index (χ0) is 25.0. The van der Waals surface area contributed by atoms with Crippen LogP contribution in [0.3, 0.4) is 0 Å². The second kappa shape index (κ2) is 9.97. The Balaban J connectivity index is 1.21. The molecule has 0 unspecified atom stereocenters. The van der Waals surface area contributed by atoms with Gasteiger partial charge in [0.25, 0.3) is 0 Å². The molecule has 8 heteroatoms. The zero-order valence-electron chi connectivity index (χ0n) is 18.9. The monoisotopic (exact) mass is 496 g/mol. The van der Waals surface area contributed by atoms with E-state index in [1.807, 2.05) is 30.3 Å². The number of carbonyl (C=O) groups is 1. The fraction of sp³-hybridized carbons (Fsp3) is 0.0357. The lowest BCUT2D eigenvalue weighted by Crippen LogP contribution is -2.06. The molecule has 36 heavy (non-hydrogen) atoms. The second-order valence-electron chi connectivity index (χ2n) is 7.89. The van der Waals surface area contributed by atoms with Gasteiger partial charge >= 0.3 is 5.97 Å². The molecule has 0 aliphatic carbocycles. The molecule has 0 saturated carbocycles. The molecule has 0 aliphatic rings. The van der Waals surface area contributed by atoms with Gasteiger partial charge in [0, 0.05) is 11.1 Å². The van der Waals surface area contributed by atoms with E-state index in [0.29, 0.717) is 28.5 Å². The van der Waals surface area contributed by atoms with Crippen LogP contribution in [0, 0.1) is 0 Å². The summed E-state index contributed by atoms with van der Waals surface area (Å²) < 4.78 is 36.5. The van der Waals surface area contributed by atoms with Crippen molar-refractivity contribution in [3.05, 3.63) is 120 Å². The molecule has 0 saturated heterocycles. The van der Waals surface area contributed by atoms with Gasteiger partial charge in [-0.15, -0.1) is 10.2 Å². The predicted molar refractivity (Wildman–Crippen MR) is 133 cm³/mol. The molecule has 178 valence electrons. The third-order valence-electron chi connectivity index (χ3n) is 5.47. The van der Waals surface area contributed by atoms with Gasteiger partial charge in [-0.1, -0.05) is 48.5 Å². The molecular weight excluding hydrogens is 476 g/mol. The largest absolute Gasteiger partial charge is 0.457 e. The summed E-state index contributed by atoms with van der Waals surface area (Å²) in [6, 6.07) is 30.6. The van der Waals surface area contributed by atoms with Crippen molar-refractivity contribution in [2.75, 3.05) is 0 Å². The number of benzene rings is 4. The lowest BCUT2D eigenvalue weighted by molar-refractivity contribution is 0.0472. The number of aromatic nitrogens is 2. The highest BCUT2D eigenvalue weighted by atomic mass is 32.2. The maximum Gasteiger partial charge on any atom is 0.338 e. The summed E-state index contributed by atoms with van der Waals surface area (Å²) in [5.74, 6) is 0.258. The summed E-state index contributed by atoms with van der Waals surface area (Å²) in [6.07, 6.45) is 0. The van der Waals surface area contributed by atoms with E-state index in [-0.39, 0.29) is 16.4 Å². The molecular formula is C28H20N2O5S. The molecule has 0 N–H and O–H groups in total. The fourth-order valence-corrected chi connectivity index (χ4v) is 4.80. The van der Waals surface area contributed by atoms with E-state index in [1.54, 1.807) is 66.7 Å². The minimum absolute atomic E-state index is 0.0103. The maximum atomic E-state index is 12.7. The van der Waals surface area contributed by atoms with Gasteiger partial charge < -0.3 is 9.15 Å². The molecule has 1 heterocycles. The van der Waals surface area contributed by atoms with Crippen LogP contribution in [-0.2, 0) is 21.2 Å². The molecule has 5 aromatic rings. The minimum atomic E-state index is -3.60. The Morgan fingerprint density at radius 1 is 0.667 bits per heavy atom. The summed E-state index contributed by atoms with van der Waals surface area (Å²) in [7, 11) is -3.60. The van der Waals surface area contributed by atoms with Crippen molar-refractivity contribution in [3.8, 4) is 22.9 Å². The molecule has 0 spiro atoms. The van der Waals surface area contributed by atoms with Crippen LogP contribution >= 0.6 is 0 Å². The van der Waals surface area contributed by atoms with E-state index < -0.39 is 15.8 Å². The van der Waals surface area contributed by atoms with Crippen LogP contribution in [0.5, 0.6) is 0 Å². The van der Waals surface area contributed by atoms with Gasteiger partial charge in [0.1, 0.15) is 6.61 Å². The molecule has 0 amide bonds. The van der Waals surface area contributed by atoms with Gasteiger partial charge in [-0.2, -0.15) is 0 Å². The second-order valence-corrected chi connectivity index (χ2v) is 9.84. The first-order valence-electron chi connectivity index (χ1n) is 11.1. The number of esters is 1. The molecule has 0 fully saturated rings. The number of hydrogen-bond donors (Lipinski definition) is 0. The smallest absolute Gasteiger partial charge is 0.338 e. The van der Waals surface area contributed by atoms with Crippen molar-refractivity contribution >= 4 is 15.8 Å². The van der Waals surface area contributed by atoms with Crippen molar-refractivity contribution < 1.29 is 22.4 Å². The van der Waals surface area contributed by atoms with Crippen molar-refractivity contribution in [1.29, 1.82) is 0 Å². The SMILES string of the molecule is O=C(OCc1ccc(S(=O)(=O)c2ccccc2)cc1)c1ccc(-c2nnc(-c3ccccc3)o2)cc1. The van der Waals surface area contributed by atoms with E-state index in [0.717, 1.165) is 5.56 Å². The summed E-state index contributed by atoms with van der Waals surface area (Å²) in [6.45, 7) is 0.0103. The summed E-state index contributed by atoms with van der Waals surface area (Å²) in [5, 5.41) is 8.16. The van der Waals surface area contributed by atoms with Crippen LogP contribution in [0.15, 0.2) is 123 Å². The van der Waals surface area contributed by atoms with Gasteiger partial charge in [-0.3, -0.25) is 0 Å². The van der Waals surface area contributed by atoms with E-state index >= 15 is 0 Å². The highest BCUT2D eigenvalue weighted by Gasteiger charge is 2.17. The minimum Gasteiger partial charge on any atom is -0.457 e. The van der Waals surface area contributed by atoms with Crippen LogP contribution in [0.4, 0.5) is 0 Å². The van der Waals surface area contributed by atoms with Crippen LogP contribution in [-0.4, -0.2) is 24.6 Å². The Bertz CT molecular complexity index is 1580. The first-order chi connectivity index (χ1) is 17.5. The van der Waals surface area contributed by atoms with Gasteiger partial charge in [0.2, 0.25) is 21.6 Å². The summed E-state index contributed by atoms with van der Waals surface area (Å²) >= 11 is 0. The van der Waals surface area contributed by atoms with Crippen molar-refractivity contribution in [1.82, 2.24) is 10.2 Å². The van der Waals surface area contributed by atoms with Gasteiger partial charge in [0.05, 0.1) is 15.4 Å². The number of nitrogens with zero attached hydrogens (tertiary/aromatic N) is 2. The number of rotatable bonds is 7. The molecule has 7 nitrogen and oxygen atoms in total. The number of sulfone groups is 1. The normalized spacial score (nSPS) is 11.2. The maximum absolute atomic E-state index is 12.7. The Morgan fingerprint density at radius 3 is 1.81 bits per heavy atom. The van der Waals surface area contributed by atoms with Gasteiger partial charge in [-0.05, 0) is 66.2 Å². The van der Waals surface area contributed by atoms with Crippen LogP contribution in [0.2, 0.25) is 0 Å². The Morgan fingerprint density at radius 2 is 1.19 bits per heavy atom. The number of hydrogen-bond acceptors (Lipinski definition) is 7. The molecule has 0 aliphatic heterocycles. The van der Waals surface area contributed by atoms with E-state index in [9.17, 15) is 13.2 Å². The van der Waals surface area contributed by atoms with Crippen molar-refractivity contribution in [2.45, 2.75) is 16.4 Å². The summed E-state index contributed by atoms with van der Waals surface area (Å²) in [4.78, 5) is 12.9.